The number of carbonyl (C=O) groups excluding carboxylic acids is 4. The van der Waals surface area contributed by atoms with E-state index < -0.39 is 79.7 Å². The van der Waals surface area contributed by atoms with E-state index in [1.54, 1.807) is 47.6 Å². The average Bonchev–Trinajstić information content (AvgIpc) is 3.96. The number of rotatable bonds is 12. The lowest BCUT2D eigenvalue weighted by Crippen LogP contribution is -2.60. The van der Waals surface area contributed by atoms with Gasteiger partial charge >= 0.3 is 6.09 Å². The number of hydrogen-bond donors (Lipinski definition) is 3. The SMILES string of the molecule is C=CC1C[C@]1(NC(=O)[C@@H]1C[C@@H](Oc2nnc(OCC)c3ccccc23)CN1C(=O)[C@@H](NC(=O)OC(C)(C)C)C(C)(C)C)C(=O)NS(=O)(=O)C1CC1. The normalized spacial score (nSPS) is 23.9. The molecule has 15 nitrogen and oxygen atoms in total. The molecule has 16 heteroatoms. The van der Waals surface area contributed by atoms with E-state index in [4.69, 9.17) is 14.2 Å². The number of ether oxygens (including phenoxy) is 3. The highest BCUT2D eigenvalue weighted by molar-refractivity contribution is 7.91. The largest absolute Gasteiger partial charge is 0.476 e. The van der Waals surface area contributed by atoms with Crippen LogP contribution in [-0.2, 0) is 29.1 Å². The molecule has 0 bridgehead atoms. The van der Waals surface area contributed by atoms with Gasteiger partial charge in [0.25, 0.3) is 5.91 Å². The van der Waals surface area contributed by atoms with Gasteiger partial charge in [-0.1, -0.05) is 39.0 Å². The summed E-state index contributed by atoms with van der Waals surface area (Å²) in [6, 6.07) is 4.94. The Morgan fingerprint density at radius 1 is 1.06 bits per heavy atom. The van der Waals surface area contributed by atoms with E-state index in [-0.39, 0.29) is 25.3 Å². The number of aromatic nitrogens is 2. The lowest BCUT2D eigenvalue weighted by Gasteiger charge is -2.36. The number of carbonyl (C=O) groups is 4. The fourth-order valence-electron chi connectivity index (χ4n) is 6.18. The minimum Gasteiger partial charge on any atom is -0.476 e. The molecule has 3 N–H and O–H groups in total. The number of likely N-dealkylation sites (tertiary alicyclic amines) is 1. The topological polar surface area (TPSA) is 195 Å². The molecule has 1 aromatic carbocycles. The van der Waals surface area contributed by atoms with Crippen LogP contribution in [0.4, 0.5) is 4.79 Å². The van der Waals surface area contributed by atoms with Crippen LogP contribution in [0, 0.1) is 11.3 Å². The molecule has 2 aromatic rings. The van der Waals surface area contributed by atoms with Gasteiger partial charge in [-0.05, 0) is 64.5 Å². The second-order valence-electron chi connectivity index (χ2n) is 15.4. The number of amides is 4. The van der Waals surface area contributed by atoms with Crippen molar-refractivity contribution in [2.24, 2.45) is 11.3 Å². The molecule has 278 valence electrons. The molecule has 1 aromatic heterocycles. The van der Waals surface area contributed by atoms with Gasteiger partial charge in [0, 0.05) is 12.3 Å². The maximum Gasteiger partial charge on any atom is 0.408 e. The summed E-state index contributed by atoms with van der Waals surface area (Å²) in [4.78, 5) is 56.3. The monoisotopic (exact) mass is 728 g/mol. The first-order valence-corrected chi connectivity index (χ1v) is 18.7. The first kappa shape index (κ1) is 37.8. The van der Waals surface area contributed by atoms with Crippen LogP contribution in [0.1, 0.15) is 74.1 Å². The third-order valence-corrected chi connectivity index (χ3v) is 10.9. The third kappa shape index (κ3) is 8.37. The first-order chi connectivity index (χ1) is 23.8. The predicted octanol–water partition coefficient (Wildman–Crippen LogP) is 2.99. The molecule has 0 spiro atoms. The van der Waals surface area contributed by atoms with Gasteiger partial charge in [-0.3, -0.25) is 19.1 Å². The van der Waals surface area contributed by atoms with Crippen LogP contribution in [0.25, 0.3) is 10.8 Å². The Labute approximate surface area is 298 Å². The molecule has 51 heavy (non-hydrogen) atoms. The van der Waals surface area contributed by atoms with Gasteiger partial charge in [-0.25, -0.2) is 13.2 Å². The van der Waals surface area contributed by atoms with Gasteiger partial charge in [-0.15, -0.1) is 16.8 Å². The number of alkyl carbamates (subject to hydrolysis) is 1. The highest BCUT2D eigenvalue weighted by atomic mass is 32.2. The predicted molar refractivity (Wildman–Crippen MR) is 187 cm³/mol. The van der Waals surface area contributed by atoms with Crippen molar-refractivity contribution in [1.82, 2.24) is 30.5 Å². The molecule has 5 atom stereocenters. The van der Waals surface area contributed by atoms with E-state index in [1.165, 1.54) is 11.0 Å². The van der Waals surface area contributed by atoms with Crippen LogP contribution in [0.5, 0.6) is 11.8 Å². The van der Waals surface area contributed by atoms with E-state index >= 15 is 0 Å². The molecule has 4 amide bonds. The molecular formula is C35H48N6O9S. The quantitative estimate of drug-likeness (QED) is 0.272. The molecule has 2 aliphatic carbocycles. The van der Waals surface area contributed by atoms with Crippen LogP contribution in [0.15, 0.2) is 36.9 Å². The summed E-state index contributed by atoms with van der Waals surface area (Å²) in [6.45, 7) is 16.3. The fraction of sp³-hybridized carbons (Fsp3) is 0.600. The lowest BCUT2D eigenvalue weighted by molar-refractivity contribution is -0.143. The summed E-state index contributed by atoms with van der Waals surface area (Å²) in [7, 11) is -3.90. The number of sulfonamides is 1. The maximum absolute atomic E-state index is 14.4. The van der Waals surface area contributed by atoms with Crippen molar-refractivity contribution in [3.05, 3.63) is 36.9 Å². The molecule has 1 saturated heterocycles. The van der Waals surface area contributed by atoms with Gasteiger partial charge in [0.2, 0.25) is 33.6 Å². The van der Waals surface area contributed by atoms with Crippen molar-refractivity contribution in [3.8, 4) is 11.8 Å². The maximum atomic E-state index is 14.4. The fourth-order valence-corrected chi connectivity index (χ4v) is 7.54. The van der Waals surface area contributed by atoms with E-state index in [2.05, 4.69) is 32.1 Å². The zero-order valence-electron chi connectivity index (χ0n) is 30.1. The molecule has 5 rings (SSSR count). The van der Waals surface area contributed by atoms with E-state index in [0.717, 1.165) is 0 Å². The Balaban J connectivity index is 1.45. The molecule has 2 heterocycles. The van der Waals surface area contributed by atoms with Crippen LogP contribution in [0.2, 0.25) is 0 Å². The Morgan fingerprint density at radius 2 is 1.69 bits per heavy atom. The van der Waals surface area contributed by atoms with Crippen LogP contribution in [0.3, 0.4) is 0 Å². The Hall–Kier alpha value is -4.47. The average molecular weight is 729 g/mol. The zero-order chi connectivity index (χ0) is 37.5. The van der Waals surface area contributed by atoms with Gasteiger partial charge in [0.1, 0.15) is 29.3 Å². The van der Waals surface area contributed by atoms with E-state index in [0.29, 0.717) is 36.1 Å². The lowest BCUT2D eigenvalue weighted by atomic mass is 9.85. The van der Waals surface area contributed by atoms with Crippen molar-refractivity contribution < 1.29 is 41.8 Å². The smallest absolute Gasteiger partial charge is 0.408 e. The van der Waals surface area contributed by atoms with Gasteiger partial charge in [0.05, 0.1) is 29.2 Å². The van der Waals surface area contributed by atoms with Crippen LogP contribution in [-0.4, -0.2) is 95.1 Å². The minimum absolute atomic E-state index is 0.0130. The molecule has 2 saturated carbocycles. The molecule has 1 aliphatic heterocycles. The second kappa shape index (κ2) is 13.9. The summed E-state index contributed by atoms with van der Waals surface area (Å²) >= 11 is 0. The van der Waals surface area contributed by atoms with Crippen LogP contribution >= 0.6 is 0 Å². The van der Waals surface area contributed by atoms with Gasteiger partial charge in [-0.2, -0.15) is 0 Å². The number of fused-ring (bicyclic) bond motifs is 1. The Bertz CT molecular complexity index is 1820. The van der Waals surface area contributed by atoms with Crippen molar-refractivity contribution in [1.29, 1.82) is 0 Å². The number of nitrogens with one attached hydrogen (secondary N) is 3. The van der Waals surface area contributed by atoms with Crippen molar-refractivity contribution in [2.75, 3.05) is 13.2 Å². The molecule has 0 radical (unpaired) electrons. The minimum atomic E-state index is -3.90. The summed E-state index contributed by atoms with van der Waals surface area (Å²) in [6.07, 6.45) is 0.940. The zero-order valence-corrected chi connectivity index (χ0v) is 31.0. The standard InChI is InChI=1S/C35H48N6O9S/c1-9-20-18-35(20,31(44)40-51(46,47)22-15-16-22)37-27(42)25-17-21(49-29-24-14-12-11-13-23(24)28(38-39-29)48-10-2)19-41(25)30(43)26(33(3,4)5)36-32(45)50-34(6,7)8/h9,11-14,20-22,25-26H,1,10,15-19H2,2-8H3,(H,36,45)(H,37,42)(H,40,44)/t20?,21-,25+,26-,35-/m1/s1. The Kier molecular flexibility index (Phi) is 10.3. The van der Waals surface area contributed by atoms with E-state index in [1.807, 2.05) is 25.1 Å². The highest BCUT2D eigenvalue weighted by Gasteiger charge is 2.62. The molecular weight excluding hydrogens is 680 g/mol. The molecule has 3 fully saturated rings. The van der Waals surface area contributed by atoms with Crippen LogP contribution < -0.4 is 24.8 Å². The Morgan fingerprint density at radius 3 is 2.24 bits per heavy atom. The van der Waals surface area contributed by atoms with Crippen molar-refractivity contribution >= 4 is 44.6 Å². The number of hydrogen-bond acceptors (Lipinski definition) is 11. The first-order valence-electron chi connectivity index (χ1n) is 17.1. The third-order valence-electron chi connectivity index (χ3n) is 9.05. The van der Waals surface area contributed by atoms with Gasteiger partial charge < -0.3 is 29.7 Å². The number of benzene rings is 1. The second-order valence-corrected chi connectivity index (χ2v) is 17.4. The van der Waals surface area contributed by atoms with E-state index in [9.17, 15) is 27.6 Å². The highest BCUT2D eigenvalue weighted by Crippen LogP contribution is 2.45. The van der Waals surface area contributed by atoms with Gasteiger partial charge in [0.15, 0.2) is 0 Å². The molecule has 3 aliphatic rings. The van der Waals surface area contributed by atoms with Crippen molar-refractivity contribution in [3.63, 3.8) is 0 Å². The summed E-state index contributed by atoms with van der Waals surface area (Å²) in [5, 5.41) is 14.5. The number of nitrogens with zero attached hydrogens (tertiary/aromatic N) is 3. The summed E-state index contributed by atoms with van der Waals surface area (Å²) < 4.78 is 44.9. The summed E-state index contributed by atoms with van der Waals surface area (Å²) in [5.41, 5.74) is -3.23. The molecule has 1 unspecified atom stereocenters. The van der Waals surface area contributed by atoms with Crippen molar-refractivity contribution in [2.45, 2.75) is 109 Å². The summed E-state index contributed by atoms with van der Waals surface area (Å²) in [5.74, 6) is -2.15.